The molecule has 3 rings (SSSR count). The van der Waals surface area contributed by atoms with E-state index in [0.29, 0.717) is 16.8 Å². The van der Waals surface area contributed by atoms with Gasteiger partial charge in [-0.05, 0) is 37.3 Å². The van der Waals surface area contributed by atoms with E-state index in [-0.39, 0.29) is 11.7 Å². The standard InChI is InChI=1S/C23H24N2O4/c1-14(29-21(27)18-13-24-19-8-6-5-7-17(18)19)20(26)15-9-11-16(12-10-15)25-22(28)23(2,3)4/h5-14,24H,1-4H3,(H,25,28)/t14-/m0/s1. The van der Waals surface area contributed by atoms with Crippen molar-refractivity contribution in [1.82, 2.24) is 4.98 Å². The maximum absolute atomic E-state index is 12.6. The van der Waals surface area contributed by atoms with Crippen molar-refractivity contribution in [3.8, 4) is 0 Å². The molecule has 2 aromatic carbocycles. The number of nitrogens with one attached hydrogen (secondary N) is 2. The summed E-state index contributed by atoms with van der Waals surface area (Å²) in [7, 11) is 0. The van der Waals surface area contributed by atoms with Gasteiger partial charge in [0.1, 0.15) is 0 Å². The summed E-state index contributed by atoms with van der Waals surface area (Å²) in [5, 5.41) is 3.55. The number of ether oxygens (including phenoxy) is 1. The molecule has 1 amide bonds. The number of Topliss-reactive ketones (excluding diaryl/α,β-unsaturated/α-hetero) is 1. The van der Waals surface area contributed by atoms with Crippen LogP contribution in [0, 0.1) is 5.41 Å². The number of carbonyl (C=O) groups is 3. The average Bonchev–Trinajstić information content (AvgIpc) is 3.11. The summed E-state index contributed by atoms with van der Waals surface area (Å²) in [6.45, 7) is 7.02. The molecule has 1 aromatic heterocycles. The summed E-state index contributed by atoms with van der Waals surface area (Å²) in [6.07, 6.45) is 0.642. The maximum Gasteiger partial charge on any atom is 0.341 e. The molecule has 0 unspecified atom stereocenters. The minimum Gasteiger partial charge on any atom is -0.451 e. The second-order valence-corrected chi connectivity index (χ2v) is 7.94. The van der Waals surface area contributed by atoms with Crippen molar-refractivity contribution in [2.75, 3.05) is 5.32 Å². The molecule has 0 aliphatic carbocycles. The molecule has 0 aliphatic rings. The lowest BCUT2D eigenvalue weighted by molar-refractivity contribution is -0.123. The van der Waals surface area contributed by atoms with Gasteiger partial charge in [0.05, 0.1) is 5.56 Å². The molecule has 0 bridgehead atoms. The molecule has 3 aromatic rings. The summed E-state index contributed by atoms with van der Waals surface area (Å²) in [5.41, 5.74) is 1.70. The van der Waals surface area contributed by atoms with E-state index in [0.717, 1.165) is 10.9 Å². The smallest absolute Gasteiger partial charge is 0.341 e. The number of esters is 1. The van der Waals surface area contributed by atoms with Crippen LogP contribution < -0.4 is 5.32 Å². The van der Waals surface area contributed by atoms with Crippen molar-refractivity contribution in [2.24, 2.45) is 5.41 Å². The van der Waals surface area contributed by atoms with Gasteiger partial charge in [0, 0.05) is 33.8 Å². The molecule has 150 valence electrons. The normalized spacial score (nSPS) is 12.4. The van der Waals surface area contributed by atoms with Gasteiger partial charge in [-0.15, -0.1) is 0 Å². The monoisotopic (exact) mass is 392 g/mol. The Balaban J connectivity index is 1.67. The predicted octanol–water partition coefficient (Wildman–Crippen LogP) is 4.58. The number of H-pyrrole nitrogens is 1. The maximum atomic E-state index is 12.6. The molecule has 2 N–H and O–H groups in total. The molecule has 0 saturated carbocycles. The van der Waals surface area contributed by atoms with Crippen molar-refractivity contribution < 1.29 is 19.1 Å². The number of aromatic nitrogens is 1. The molecule has 0 spiro atoms. The van der Waals surface area contributed by atoms with Gasteiger partial charge in [-0.25, -0.2) is 4.79 Å². The number of carbonyl (C=O) groups excluding carboxylic acids is 3. The van der Waals surface area contributed by atoms with Crippen LogP contribution in [0.5, 0.6) is 0 Å². The third-order valence-corrected chi connectivity index (χ3v) is 4.57. The van der Waals surface area contributed by atoms with Crippen LogP contribution in [-0.2, 0) is 9.53 Å². The minimum absolute atomic E-state index is 0.113. The number of hydrogen-bond donors (Lipinski definition) is 2. The fourth-order valence-corrected chi connectivity index (χ4v) is 2.79. The van der Waals surface area contributed by atoms with E-state index in [2.05, 4.69) is 10.3 Å². The molecular weight excluding hydrogens is 368 g/mol. The highest BCUT2D eigenvalue weighted by atomic mass is 16.5. The Morgan fingerprint density at radius 1 is 1.00 bits per heavy atom. The van der Waals surface area contributed by atoms with Gasteiger partial charge in [0.25, 0.3) is 0 Å². The molecule has 6 nitrogen and oxygen atoms in total. The lowest BCUT2D eigenvalue weighted by Gasteiger charge is -2.18. The number of aromatic amines is 1. The Bertz CT molecular complexity index is 1060. The van der Waals surface area contributed by atoms with E-state index < -0.39 is 17.5 Å². The van der Waals surface area contributed by atoms with Crippen LogP contribution in [0.15, 0.2) is 54.7 Å². The zero-order chi connectivity index (χ0) is 21.2. The second kappa shape index (κ2) is 7.91. The van der Waals surface area contributed by atoms with Crippen LogP contribution >= 0.6 is 0 Å². The molecule has 6 heteroatoms. The Morgan fingerprint density at radius 2 is 1.66 bits per heavy atom. The summed E-state index contributed by atoms with van der Waals surface area (Å²) in [4.78, 5) is 40.2. The van der Waals surface area contributed by atoms with E-state index in [1.54, 1.807) is 37.4 Å². The molecule has 1 atom stereocenters. The molecule has 1 heterocycles. The number of ketones is 1. The first-order valence-corrected chi connectivity index (χ1v) is 9.39. The Hall–Kier alpha value is -3.41. The van der Waals surface area contributed by atoms with E-state index in [1.807, 2.05) is 45.0 Å². The minimum atomic E-state index is -0.939. The first-order valence-electron chi connectivity index (χ1n) is 9.39. The van der Waals surface area contributed by atoms with Crippen molar-refractivity contribution in [2.45, 2.75) is 33.8 Å². The number of para-hydroxylation sites is 1. The number of benzene rings is 2. The first-order chi connectivity index (χ1) is 13.7. The third kappa shape index (κ3) is 4.54. The van der Waals surface area contributed by atoms with Crippen molar-refractivity contribution in [3.63, 3.8) is 0 Å². The van der Waals surface area contributed by atoms with Gasteiger partial charge in [-0.1, -0.05) is 39.0 Å². The van der Waals surface area contributed by atoms with E-state index in [4.69, 9.17) is 4.74 Å². The molecule has 29 heavy (non-hydrogen) atoms. The van der Waals surface area contributed by atoms with Crippen LogP contribution in [0.2, 0.25) is 0 Å². The molecular formula is C23H24N2O4. The molecule has 0 aliphatic heterocycles. The van der Waals surface area contributed by atoms with E-state index >= 15 is 0 Å². The third-order valence-electron chi connectivity index (χ3n) is 4.57. The molecule has 0 radical (unpaired) electrons. The average molecular weight is 392 g/mol. The van der Waals surface area contributed by atoms with Crippen LogP contribution in [0.1, 0.15) is 48.4 Å². The summed E-state index contributed by atoms with van der Waals surface area (Å²) in [6, 6.07) is 13.9. The van der Waals surface area contributed by atoms with E-state index in [9.17, 15) is 14.4 Å². The number of amides is 1. The highest BCUT2D eigenvalue weighted by molar-refractivity contribution is 6.06. The fourth-order valence-electron chi connectivity index (χ4n) is 2.79. The summed E-state index contributed by atoms with van der Waals surface area (Å²) < 4.78 is 5.38. The number of hydrogen-bond acceptors (Lipinski definition) is 4. The Kier molecular flexibility index (Phi) is 5.55. The van der Waals surface area contributed by atoms with Crippen LogP contribution in [-0.4, -0.2) is 28.7 Å². The highest BCUT2D eigenvalue weighted by Crippen LogP contribution is 2.21. The largest absolute Gasteiger partial charge is 0.451 e. The van der Waals surface area contributed by atoms with Gasteiger partial charge in [-0.2, -0.15) is 0 Å². The fraction of sp³-hybridized carbons (Fsp3) is 0.261. The van der Waals surface area contributed by atoms with Crippen molar-refractivity contribution >= 4 is 34.3 Å². The van der Waals surface area contributed by atoms with Crippen LogP contribution in [0.25, 0.3) is 10.9 Å². The number of anilines is 1. The topological polar surface area (TPSA) is 88.3 Å². The Labute approximate surface area is 169 Å². The molecule has 0 fully saturated rings. The lowest BCUT2D eigenvalue weighted by atomic mass is 9.95. The van der Waals surface area contributed by atoms with Gasteiger partial charge in [0.2, 0.25) is 11.7 Å². The van der Waals surface area contributed by atoms with Crippen LogP contribution in [0.3, 0.4) is 0 Å². The lowest BCUT2D eigenvalue weighted by Crippen LogP contribution is -2.27. The number of fused-ring (bicyclic) bond motifs is 1. The van der Waals surface area contributed by atoms with Crippen LogP contribution in [0.4, 0.5) is 5.69 Å². The van der Waals surface area contributed by atoms with Gasteiger partial charge < -0.3 is 15.0 Å². The summed E-state index contributed by atoms with van der Waals surface area (Å²) >= 11 is 0. The second-order valence-electron chi connectivity index (χ2n) is 7.94. The zero-order valence-corrected chi connectivity index (χ0v) is 16.9. The van der Waals surface area contributed by atoms with Gasteiger partial charge in [0.15, 0.2) is 6.10 Å². The first kappa shape index (κ1) is 20.3. The highest BCUT2D eigenvalue weighted by Gasteiger charge is 2.23. The van der Waals surface area contributed by atoms with Crippen molar-refractivity contribution in [1.29, 1.82) is 0 Å². The summed E-state index contributed by atoms with van der Waals surface area (Å²) in [5.74, 6) is -0.984. The van der Waals surface area contributed by atoms with E-state index in [1.165, 1.54) is 0 Å². The molecule has 0 saturated heterocycles. The predicted molar refractivity (Wildman–Crippen MR) is 112 cm³/mol. The SMILES string of the molecule is C[C@H](OC(=O)c1c[nH]c2ccccc12)C(=O)c1ccc(NC(=O)C(C)(C)C)cc1. The zero-order valence-electron chi connectivity index (χ0n) is 16.9. The van der Waals surface area contributed by atoms with Gasteiger partial charge >= 0.3 is 5.97 Å². The van der Waals surface area contributed by atoms with Gasteiger partial charge in [-0.3, -0.25) is 9.59 Å². The number of rotatable bonds is 5. The Morgan fingerprint density at radius 3 is 2.31 bits per heavy atom. The van der Waals surface area contributed by atoms with Crippen molar-refractivity contribution in [3.05, 3.63) is 65.9 Å². The quantitative estimate of drug-likeness (QED) is 0.491.